The summed E-state index contributed by atoms with van der Waals surface area (Å²) < 4.78 is 0. The van der Waals surface area contributed by atoms with Crippen LogP contribution in [0.25, 0.3) is 22.5 Å². The summed E-state index contributed by atoms with van der Waals surface area (Å²) in [6.07, 6.45) is 3.45. The van der Waals surface area contributed by atoms with E-state index in [1.165, 1.54) is 0 Å². The lowest BCUT2D eigenvalue weighted by molar-refractivity contribution is 0.101. The molecule has 3 aromatic carbocycles. The Morgan fingerprint density at radius 2 is 1.00 bits per heavy atom. The number of carbonyl (C=O) groups excluding carboxylic acids is 2. The lowest BCUT2D eigenvalue weighted by Crippen LogP contribution is -2.14. The predicted octanol–water partition coefficient (Wildman–Crippen LogP) is 6.97. The molecule has 5 aromatic rings. The normalized spacial score (nSPS) is 10.5. The fourth-order valence-electron chi connectivity index (χ4n) is 3.79. The molecular weight excluding hydrogens is 484 g/mol. The van der Waals surface area contributed by atoms with Crippen LogP contribution in [0.1, 0.15) is 20.7 Å². The van der Waals surface area contributed by atoms with Crippen LogP contribution in [0.4, 0.5) is 11.4 Å². The van der Waals surface area contributed by atoms with Crippen molar-refractivity contribution in [2.24, 2.45) is 0 Å². The molecule has 2 heterocycles. The molecule has 6 nitrogen and oxygen atoms in total. The van der Waals surface area contributed by atoms with Crippen LogP contribution in [0.5, 0.6) is 0 Å². The summed E-state index contributed by atoms with van der Waals surface area (Å²) >= 11 is 6.27. The zero-order valence-electron chi connectivity index (χ0n) is 19.6. The van der Waals surface area contributed by atoms with Crippen LogP contribution in [0.15, 0.2) is 116 Å². The van der Waals surface area contributed by atoms with E-state index in [1.807, 2.05) is 60.7 Å². The summed E-state index contributed by atoms with van der Waals surface area (Å²) in [5, 5.41) is 6.06. The second kappa shape index (κ2) is 10.8. The largest absolute Gasteiger partial charge is 0.322 e. The molecule has 5 rings (SSSR count). The van der Waals surface area contributed by atoms with E-state index in [0.717, 1.165) is 22.5 Å². The van der Waals surface area contributed by atoms with Gasteiger partial charge in [-0.2, -0.15) is 0 Å². The smallest absolute Gasteiger partial charge is 0.255 e. The predicted molar refractivity (Wildman–Crippen MR) is 147 cm³/mol. The van der Waals surface area contributed by atoms with E-state index in [1.54, 1.807) is 54.9 Å². The van der Waals surface area contributed by atoms with Crippen molar-refractivity contribution in [3.63, 3.8) is 0 Å². The Morgan fingerprint density at radius 1 is 0.568 bits per heavy atom. The molecule has 0 bridgehead atoms. The van der Waals surface area contributed by atoms with Crippen LogP contribution in [0.3, 0.4) is 0 Å². The highest BCUT2D eigenvalue weighted by atomic mass is 35.5. The molecule has 7 heteroatoms. The van der Waals surface area contributed by atoms with Crippen molar-refractivity contribution in [1.82, 2.24) is 9.97 Å². The molecule has 37 heavy (non-hydrogen) atoms. The SMILES string of the molecule is O=C(Nc1cc(Cl)cc(NC(=O)c2ccc(-c3ccccn3)cc2)c1)c1ccc(-c2ccccn2)cc1. The lowest BCUT2D eigenvalue weighted by Gasteiger charge is -2.11. The van der Waals surface area contributed by atoms with Crippen LogP contribution in [0.2, 0.25) is 5.02 Å². The number of hydrogen-bond donors (Lipinski definition) is 2. The van der Waals surface area contributed by atoms with Gasteiger partial charge in [-0.1, -0.05) is 48.0 Å². The number of anilines is 2. The van der Waals surface area contributed by atoms with Gasteiger partial charge in [0.05, 0.1) is 11.4 Å². The van der Waals surface area contributed by atoms with Gasteiger partial charge >= 0.3 is 0 Å². The van der Waals surface area contributed by atoms with Gasteiger partial charge in [-0.3, -0.25) is 19.6 Å². The molecule has 0 unspecified atom stereocenters. The highest BCUT2D eigenvalue weighted by molar-refractivity contribution is 6.31. The minimum Gasteiger partial charge on any atom is -0.322 e. The van der Waals surface area contributed by atoms with E-state index < -0.39 is 0 Å². The summed E-state index contributed by atoms with van der Waals surface area (Å²) in [5.74, 6) is -0.588. The zero-order chi connectivity index (χ0) is 25.6. The summed E-state index contributed by atoms with van der Waals surface area (Å²) in [7, 11) is 0. The number of carbonyl (C=O) groups is 2. The van der Waals surface area contributed by atoms with E-state index in [9.17, 15) is 9.59 Å². The third-order valence-corrected chi connectivity index (χ3v) is 5.85. The summed E-state index contributed by atoms with van der Waals surface area (Å²) in [6.45, 7) is 0. The zero-order valence-corrected chi connectivity index (χ0v) is 20.3. The van der Waals surface area contributed by atoms with Gasteiger partial charge in [-0.05, 0) is 66.7 Å². The van der Waals surface area contributed by atoms with Crippen molar-refractivity contribution in [2.45, 2.75) is 0 Å². The maximum absolute atomic E-state index is 12.8. The molecule has 2 N–H and O–H groups in total. The summed E-state index contributed by atoms with van der Waals surface area (Å²) in [4.78, 5) is 34.3. The molecule has 0 spiro atoms. The molecule has 180 valence electrons. The van der Waals surface area contributed by atoms with E-state index in [-0.39, 0.29) is 11.8 Å². The number of nitrogens with one attached hydrogen (secondary N) is 2. The summed E-state index contributed by atoms with van der Waals surface area (Å²) in [6, 6.07) is 30.6. The van der Waals surface area contributed by atoms with Gasteiger partial charge < -0.3 is 10.6 Å². The van der Waals surface area contributed by atoms with E-state index in [0.29, 0.717) is 27.5 Å². The third kappa shape index (κ3) is 5.89. The average Bonchev–Trinajstić information content (AvgIpc) is 2.94. The topological polar surface area (TPSA) is 84.0 Å². The first kappa shape index (κ1) is 23.9. The molecule has 0 aliphatic heterocycles. The Bertz CT molecular complexity index is 1420. The Balaban J connectivity index is 1.26. The monoisotopic (exact) mass is 504 g/mol. The Hall–Kier alpha value is -4.81. The highest BCUT2D eigenvalue weighted by Crippen LogP contribution is 2.25. The maximum atomic E-state index is 12.8. The van der Waals surface area contributed by atoms with Crippen molar-refractivity contribution >= 4 is 34.8 Å². The second-order valence-corrected chi connectivity index (χ2v) is 8.66. The number of aromatic nitrogens is 2. The van der Waals surface area contributed by atoms with Crippen LogP contribution in [-0.2, 0) is 0 Å². The van der Waals surface area contributed by atoms with Crippen LogP contribution >= 0.6 is 11.6 Å². The Kier molecular flexibility index (Phi) is 7.01. The highest BCUT2D eigenvalue weighted by Gasteiger charge is 2.11. The van der Waals surface area contributed by atoms with Crippen LogP contribution < -0.4 is 10.6 Å². The first-order valence-corrected chi connectivity index (χ1v) is 11.9. The first-order valence-electron chi connectivity index (χ1n) is 11.5. The minimum absolute atomic E-state index is 0.294. The second-order valence-electron chi connectivity index (χ2n) is 8.22. The summed E-state index contributed by atoms with van der Waals surface area (Å²) in [5.41, 5.74) is 5.39. The fourth-order valence-corrected chi connectivity index (χ4v) is 4.03. The van der Waals surface area contributed by atoms with Gasteiger partial charge in [0.15, 0.2) is 0 Å². The standard InChI is InChI=1S/C30H21ClN4O2/c31-24-17-25(34-29(36)22-11-7-20(8-12-22)27-5-1-3-15-32-27)19-26(18-24)35-30(37)23-13-9-21(10-14-23)28-6-2-4-16-33-28/h1-19H,(H,34,36)(H,35,37). The van der Waals surface area contributed by atoms with E-state index >= 15 is 0 Å². The van der Waals surface area contributed by atoms with Gasteiger partial charge in [-0.25, -0.2) is 0 Å². The number of rotatable bonds is 6. The lowest BCUT2D eigenvalue weighted by atomic mass is 10.1. The van der Waals surface area contributed by atoms with E-state index in [2.05, 4.69) is 20.6 Å². The quantitative estimate of drug-likeness (QED) is 0.261. The molecule has 0 saturated heterocycles. The number of benzene rings is 3. The molecule has 0 radical (unpaired) electrons. The average molecular weight is 505 g/mol. The molecule has 0 saturated carbocycles. The van der Waals surface area contributed by atoms with E-state index in [4.69, 9.17) is 11.6 Å². The van der Waals surface area contributed by atoms with Gasteiger partial charge in [0.25, 0.3) is 11.8 Å². The number of hydrogen-bond acceptors (Lipinski definition) is 4. The van der Waals surface area contributed by atoms with Gasteiger partial charge in [0, 0.05) is 51.0 Å². The molecule has 0 atom stereocenters. The molecular formula is C30H21ClN4O2. The van der Waals surface area contributed by atoms with Crippen molar-refractivity contribution in [3.8, 4) is 22.5 Å². The van der Waals surface area contributed by atoms with Gasteiger partial charge in [0.1, 0.15) is 0 Å². The number of nitrogens with zero attached hydrogens (tertiary/aromatic N) is 2. The molecule has 2 aromatic heterocycles. The number of amides is 2. The van der Waals surface area contributed by atoms with Crippen molar-refractivity contribution < 1.29 is 9.59 Å². The van der Waals surface area contributed by atoms with Crippen molar-refractivity contribution in [2.75, 3.05) is 10.6 Å². The Morgan fingerprint density at radius 3 is 1.38 bits per heavy atom. The fraction of sp³-hybridized carbons (Fsp3) is 0. The molecule has 0 aliphatic carbocycles. The van der Waals surface area contributed by atoms with Gasteiger partial charge in [0.2, 0.25) is 0 Å². The van der Waals surface area contributed by atoms with Crippen LogP contribution in [-0.4, -0.2) is 21.8 Å². The Labute approximate surface area is 219 Å². The van der Waals surface area contributed by atoms with Crippen LogP contribution in [0, 0.1) is 0 Å². The molecule has 0 fully saturated rings. The minimum atomic E-state index is -0.294. The molecule has 0 aliphatic rings. The third-order valence-electron chi connectivity index (χ3n) is 5.63. The first-order chi connectivity index (χ1) is 18.0. The van der Waals surface area contributed by atoms with Crippen molar-refractivity contribution in [3.05, 3.63) is 132 Å². The van der Waals surface area contributed by atoms with Gasteiger partial charge in [-0.15, -0.1) is 0 Å². The molecule has 2 amide bonds. The number of pyridine rings is 2. The van der Waals surface area contributed by atoms with Crippen molar-refractivity contribution in [1.29, 1.82) is 0 Å². The number of halogens is 1. The maximum Gasteiger partial charge on any atom is 0.255 e.